The molecular formula is C19H29NO. The van der Waals surface area contributed by atoms with Crippen LogP contribution in [-0.4, -0.2) is 23.9 Å². The van der Waals surface area contributed by atoms with Crippen LogP contribution in [0.3, 0.4) is 0 Å². The molecule has 116 valence electrons. The van der Waals surface area contributed by atoms with Gasteiger partial charge in [0.05, 0.1) is 5.41 Å². The van der Waals surface area contributed by atoms with Gasteiger partial charge in [-0.1, -0.05) is 19.3 Å². The number of amides is 1. The molecular weight excluding hydrogens is 258 g/mol. The highest BCUT2D eigenvalue weighted by Gasteiger charge is 2.62. The van der Waals surface area contributed by atoms with E-state index in [2.05, 4.69) is 4.90 Å². The molecule has 0 spiro atoms. The Kier molecular flexibility index (Phi) is 2.77. The van der Waals surface area contributed by atoms with Crippen molar-refractivity contribution in [3.8, 4) is 0 Å². The third-order valence-electron chi connectivity index (χ3n) is 7.99. The number of fused-ring (bicyclic) bond motifs is 1. The standard InChI is InChI=1S/C19H29NO/c21-18(19-10-13-7-14(11-19)9-17(19)8-13)20-6-5-15-3-1-2-4-16(15)12-20/h13-17H,1-12H2. The maximum absolute atomic E-state index is 13.4. The van der Waals surface area contributed by atoms with Crippen LogP contribution in [-0.2, 0) is 4.79 Å². The van der Waals surface area contributed by atoms with E-state index in [9.17, 15) is 4.79 Å². The monoisotopic (exact) mass is 287 g/mol. The van der Waals surface area contributed by atoms with Crippen LogP contribution in [0.5, 0.6) is 0 Å². The zero-order chi connectivity index (χ0) is 14.0. The van der Waals surface area contributed by atoms with Gasteiger partial charge in [0.15, 0.2) is 0 Å². The average Bonchev–Trinajstić information content (AvgIpc) is 2.91. The Morgan fingerprint density at radius 2 is 1.62 bits per heavy atom. The first-order chi connectivity index (χ1) is 10.2. The Balaban J connectivity index is 1.35. The van der Waals surface area contributed by atoms with Crippen LogP contribution in [0.15, 0.2) is 0 Å². The van der Waals surface area contributed by atoms with Crippen molar-refractivity contribution in [1.29, 1.82) is 0 Å². The van der Waals surface area contributed by atoms with Crippen molar-refractivity contribution in [2.24, 2.45) is 35.0 Å². The molecule has 1 saturated heterocycles. The van der Waals surface area contributed by atoms with Crippen molar-refractivity contribution >= 4 is 5.91 Å². The zero-order valence-corrected chi connectivity index (χ0v) is 13.2. The fraction of sp³-hybridized carbons (Fsp3) is 0.947. The van der Waals surface area contributed by atoms with Gasteiger partial charge in [-0.2, -0.15) is 0 Å². The summed E-state index contributed by atoms with van der Waals surface area (Å²) >= 11 is 0. The van der Waals surface area contributed by atoms with Gasteiger partial charge in [0.1, 0.15) is 0 Å². The van der Waals surface area contributed by atoms with Crippen LogP contribution in [0, 0.1) is 35.0 Å². The minimum atomic E-state index is 0.120. The van der Waals surface area contributed by atoms with Gasteiger partial charge in [-0.25, -0.2) is 0 Å². The fourth-order valence-corrected chi connectivity index (χ4v) is 7.25. The third kappa shape index (κ3) is 1.80. The number of rotatable bonds is 1. The van der Waals surface area contributed by atoms with Crippen LogP contribution >= 0.6 is 0 Å². The molecule has 5 saturated carbocycles. The SMILES string of the molecule is O=C(N1CCC2CCCCC2C1)C12CC3CC(CC1C3)C2. The second kappa shape index (κ2) is 4.49. The summed E-state index contributed by atoms with van der Waals surface area (Å²) in [7, 11) is 0. The maximum atomic E-state index is 13.4. The second-order valence-electron chi connectivity index (χ2n) is 9.04. The predicted molar refractivity (Wildman–Crippen MR) is 82.6 cm³/mol. The Morgan fingerprint density at radius 3 is 2.38 bits per heavy atom. The highest BCUT2D eigenvalue weighted by atomic mass is 16.2. The molecule has 4 unspecified atom stereocenters. The fourth-order valence-electron chi connectivity index (χ4n) is 7.25. The van der Waals surface area contributed by atoms with Gasteiger partial charge in [-0.05, 0) is 74.5 Å². The van der Waals surface area contributed by atoms with E-state index >= 15 is 0 Å². The van der Waals surface area contributed by atoms with Crippen LogP contribution in [0.25, 0.3) is 0 Å². The number of hydrogen-bond acceptors (Lipinski definition) is 1. The summed E-state index contributed by atoms with van der Waals surface area (Å²) in [5.41, 5.74) is 0.120. The Morgan fingerprint density at radius 1 is 0.905 bits per heavy atom. The molecule has 0 aromatic rings. The zero-order valence-electron chi connectivity index (χ0n) is 13.2. The lowest BCUT2D eigenvalue weighted by molar-refractivity contribution is -0.147. The largest absolute Gasteiger partial charge is 0.342 e. The molecule has 1 heterocycles. The van der Waals surface area contributed by atoms with E-state index in [0.29, 0.717) is 5.91 Å². The van der Waals surface area contributed by atoms with E-state index in [1.165, 1.54) is 64.2 Å². The van der Waals surface area contributed by atoms with E-state index in [0.717, 1.165) is 42.7 Å². The minimum absolute atomic E-state index is 0.120. The van der Waals surface area contributed by atoms with E-state index in [-0.39, 0.29) is 5.41 Å². The second-order valence-corrected chi connectivity index (χ2v) is 9.04. The molecule has 6 fully saturated rings. The first kappa shape index (κ1) is 13.0. The van der Waals surface area contributed by atoms with Gasteiger partial charge in [0, 0.05) is 13.1 Å². The van der Waals surface area contributed by atoms with Crippen LogP contribution in [0.2, 0.25) is 0 Å². The summed E-state index contributed by atoms with van der Waals surface area (Å²) in [6.07, 6.45) is 13.6. The van der Waals surface area contributed by atoms with Crippen molar-refractivity contribution in [3.63, 3.8) is 0 Å². The van der Waals surface area contributed by atoms with Crippen LogP contribution in [0.4, 0.5) is 0 Å². The van der Waals surface area contributed by atoms with E-state index in [1.807, 2.05) is 0 Å². The van der Waals surface area contributed by atoms with Gasteiger partial charge in [0.2, 0.25) is 5.91 Å². The highest BCUT2D eigenvalue weighted by molar-refractivity contribution is 5.84. The van der Waals surface area contributed by atoms with E-state index in [1.54, 1.807) is 0 Å². The lowest BCUT2D eigenvalue weighted by Crippen LogP contribution is -2.51. The molecule has 6 aliphatic rings. The summed E-state index contributed by atoms with van der Waals surface area (Å²) in [6, 6.07) is 0. The van der Waals surface area contributed by atoms with Crippen molar-refractivity contribution in [2.75, 3.05) is 13.1 Å². The smallest absolute Gasteiger partial charge is 0.229 e. The first-order valence-corrected chi connectivity index (χ1v) is 9.54. The number of hydrogen-bond donors (Lipinski definition) is 0. The lowest BCUT2D eigenvalue weighted by atomic mass is 9.72. The molecule has 4 atom stereocenters. The molecule has 4 bridgehead atoms. The molecule has 0 aromatic heterocycles. The first-order valence-electron chi connectivity index (χ1n) is 9.54. The van der Waals surface area contributed by atoms with Crippen LogP contribution < -0.4 is 0 Å². The van der Waals surface area contributed by atoms with Crippen molar-refractivity contribution in [2.45, 2.75) is 64.2 Å². The number of likely N-dealkylation sites (tertiary alicyclic amines) is 1. The maximum Gasteiger partial charge on any atom is 0.229 e. The van der Waals surface area contributed by atoms with E-state index < -0.39 is 0 Å². The third-order valence-corrected chi connectivity index (χ3v) is 7.99. The predicted octanol–water partition coefficient (Wildman–Crippen LogP) is 3.85. The summed E-state index contributed by atoms with van der Waals surface area (Å²) < 4.78 is 0. The molecule has 0 radical (unpaired) electrons. The van der Waals surface area contributed by atoms with Gasteiger partial charge in [-0.3, -0.25) is 4.79 Å². The summed E-state index contributed by atoms with van der Waals surface area (Å²) in [4.78, 5) is 15.7. The van der Waals surface area contributed by atoms with Gasteiger partial charge in [0.25, 0.3) is 0 Å². The molecule has 1 aliphatic heterocycles. The summed E-state index contributed by atoms with van der Waals surface area (Å²) in [5, 5.41) is 0. The van der Waals surface area contributed by atoms with Gasteiger partial charge < -0.3 is 4.90 Å². The van der Waals surface area contributed by atoms with Gasteiger partial charge >= 0.3 is 0 Å². The molecule has 2 nitrogen and oxygen atoms in total. The normalized spacial score (nSPS) is 51.2. The topological polar surface area (TPSA) is 20.3 Å². The Hall–Kier alpha value is -0.530. The molecule has 0 aromatic carbocycles. The molecule has 6 rings (SSSR count). The molecule has 0 N–H and O–H groups in total. The highest BCUT2D eigenvalue weighted by Crippen LogP contribution is 2.66. The van der Waals surface area contributed by atoms with Crippen molar-refractivity contribution < 1.29 is 4.79 Å². The van der Waals surface area contributed by atoms with Gasteiger partial charge in [-0.15, -0.1) is 0 Å². The minimum Gasteiger partial charge on any atom is -0.342 e. The molecule has 1 amide bonds. The molecule has 5 aliphatic carbocycles. The quantitative estimate of drug-likeness (QED) is 0.717. The Labute approximate surface area is 128 Å². The Bertz CT molecular complexity index is 444. The van der Waals surface area contributed by atoms with Crippen LogP contribution in [0.1, 0.15) is 64.2 Å². The molecule has 2 heteroatoms. The molecule has 21 heavy (non-hydrogen) atoms. The number of carbonyl (C=O) groups is 1. The number of carbonyl (C=O) groups excluding carboxylic acids is 1. The summed E-state index contributed by atoms with van der Waals surface area (Å²) in [6.45, 7) is 2.18. The summed E-state index contributed by atoms with van der Waals surface area (Å²) in [5.74, 6) is 4.94. The number of nitrogens with zero attached hydrogens (tertiary/aromatic N) is 1. The van der Waals surface area contributed by atoms with E-state index in [4.69, 9.17) is 0 Å². The lowest BCUT2D eigenvalue weighted by Gasteiger charge is -2.45. The number of piperidine rings is 1. The average molecular weight is 287 g/mol. The van der Waals surface area contributed by atoms with Crippen molar-refractivity contribution in [3.05, 3.63) is 0 Å². The van der Waals surface area contributed by atoms with Crippen molar-refractivity contribution in [1.82, 2.24) is 4.90 Å².